The molecule has 1 unspecified atom stereocenters. The van der Waals surface area contributed by atoms with Gasteiger partial charge >= 0.3 is 5.97 Å². The second-order valence-electron chi connectivity index (χ2n) is 3.66. The second-order valence-corrected chi connectivity index (χ2v) is 3.66. The lowest BCUT2D eigenvalue weighted by Crippen LogP contribution is -2.30. The number of nitrogens with one attached hydrogen (secondary N) is 1. The molecule has 5 nitrogen and oxygen atoms in total. The van der Waals surface area contributed by atoms with E-state index in [1.807, 2.05) is 6.07 Å². The lowest BCUT2D eigenvalue weighted by atomic mass is 10.1. The SMILES string of the molecule is CCC(C(=O)Nc1ccc(C#N)cc1)C(=O)OC. The van der Waals surface area contributed by atoms with Crippen LogP contribution in [0.3, 0.4) is 0 Å². The largest absolute Gasteiger partial charge is 0.468 e. The average molecular weight is 246 g/mol. The molecule has 0 spiro atoms. The van der Waals surface area contributed by atoms with Crippen molar-refractivity contribution in [1.82, 2.24) is 0 Å². The van der Waals surface area contributed by atoms with Crippen molar-refractivity contribution in [2.75, 3.05) is 12.4 Å². The van der Waals surface area contributed by atoms with Gasteiger partial charge in [-0.05, 0) is 30.7 Å². The molecule has 0 radical (unpaired) electrons. The van der Waals surface area contributed by atoms with E-state index in [1.165, 1.54) is 7.11 Å². The number of esters is 1. The molecule has 0 aromatic heterocycles. The molecule has 0 fully saturated rings. The van der Waals surface area contributed by atoms with E-state index in [0.29, 0.717) is 17.7 Å². The molecule has 1 aromatic carbocycles. The zero-order valence-corrected chi connectivity index (χ0v) is 10.3. The first-order chi connectivity index (χ1) is 8.62. The van der Waals surface area contributed by atoms with Gasteiger partial charge in [0.25, 0.3) is 0 Å². The molecular weight excluding hydrogens is 232 g/mol. The monoisotopic (exact) mass is 246 g/mol. The predicted molar refractivity (Wildman–Crippen MR) is 65.6 cm³/mol. The number of anilines is 1. The van der Waals surface area contributed by atoms with Crippen molar-refractivity contribution >= 4 is 17.6 Å². The van der Waals surface area contributed by atoms with E-state index in [1.54, 1.807) is 31.2 Å². The fourth-order valence-electron chi connectivity index (χ4n) is 1.46. The van der Waals surface area contributed by atoms with Crippen molar-refractivity contribution < 1.29 is 14.3 Å². The number of amides is 1. The van der Waals surface area contributed by atoms with E-state index >= 15 is 0 Å². The van der Waals surface area contributed by atoms with Gasteiger partial charge in [-0.1, -0.05) is 6.92 Å². The van der Waals surface area contributed by atoms with E-state index < -0.39 is 17.8 Å². The zero-order valence-electron chi connectivity index (χ0n) is 10.3. The standard InChI is InChI=1S/C13H14N2O3/c1-3-11(13(17)18-2)12(16)15-10-6-4-9(8-14)5-7-10/h4-7,11H,3H2,1-2H3,(H,15,16). The Kier molecular flexibility index (Phi) is 4.88. The lowest BCUT2D eigenvalue weighted by molar-refractivity contribution is -0.148. The van der Waals surface area contributed by atoms with Crippen LogP contribution in [0, 0.1) is 17.2 Å². The molecule has 18 heavy (non-hydrogen) atoms. The Morgan fingerprint density at radius 1 is 1.39 bits per heavy atom. The molecule has 1 aromatic rings. The number of carbonyl (C=O) groups excluding carboxylic acids is 2. The summed E-state index contributed by atoms with van der Waals surface area (Å²) in [5, 5.41) is 11.3. The Balaban J connectivity index is 2.74. The summed E-state index contributed by atoms with van der Waals surface area (Å²) in [5.41, 5.74) is 1.05. The highest BCUT2D eigenvalue weighted by atomic mass is 16.5. The third-order valence-corrected chi connectivity index (χ3v) is 2.49. The molecule has 5 heteroatoms. The second kappa shape index (κ2) is 6.40. The molecule has 1 atom stereocenters. The smallest absolute Gasteiger partial charge is 0.318 e. The maximum absolute atomic E-state index is 11.8. The molecule has 0 aliphatic rings. The number of ether oxygens (including phenoxy) is 1. The van der Waals surface area contributed by atoms with Gasteiger partial charge in [-0.15, -0.1) is 0 Å². The number of hydrogen-bond donors (Lipinski definition) is 1. The molecule has 1 rings (SSSR count). The van der Waals surface area contributed by atoms with Gasteiger partial charge in [0.2, 0.25) is 5.91 Å². The first kappa shape index (κ1) is 13.7. The number of hydrogen-bond acceptors (Lipinski definition) is 4. The highest BCUT2D eigenvalue weighted by molar-refractivity contribution is 6.04. The van der Waals surface area contributed by atoms with Crippen LogP contribution < -0.4 is 5.32 Å². The molecule has 1 N–H and O–H groups in total. The maximum Gasteiger partial charge on any atom is 0.318 e. The van der Waals surface area contributed by atoms with Gasteiger partial charge in [0.1, 0.15) is 5.92 Å². The van der Waals surface area contributed by atoms with Crippen LogP contribution in [0.25, 0.3) is 0 Å². The van der Waals surface area contributed by atoms with Gasteiger partial charge in [-0.25, -0.2) is 0 Å². The summed E-state index contributed by atoms with van der Waals surface area (Å²) in [6.07, 6.45) is 0.370. The van der Waals surface area contributed by atoms with Gasteiger partial charge in [-0.3, -0.25) is 9.59 Å². The number of methoxy groups -OCH3 is 1. The maximum atomic E-state index is 11.8. The molecule has 1 amide bonds. The van der Waals surface area contributed by atoms with Gasteiger partial charge < -0.3 is 10.1 Å². The molecule has 94 valence electrons. The summed E-state index contributed by atoms with van der Waals surface area (Å²) in [6, 6.07) is 8.39. The highest BCUT2D eigenvalue weighted by Gasteiger charge is 2.25. The Bertz CT molecular complexity index is 474. The Morgan fingerprint density at radius 3 is 2.44 bits per heavy atom. The number of rotatable bonds is 4. The van der Waals surface area contributed by atoms with Crippen LogP contribution in [-0.4, -0.2) is 19.0 Å². The van der Waals surface area contributed by atoms with Crippen LogP contribution in [0.2, 0.25) is 0 Å². The fourth-order valence-corrected chi connectivity index (χ4v) is 1.46. The average Bonchev–Trinajstić information content (AvgIpc) is 2.40. The van der Waals surface area contributed by atoms with Crippen LogP contribution in [0.4, 0.5) is 5.69 Å². The van der Waals surface area contributed by atoms with Gasteiger partial charge in [-0.2, -0.15) is 5.26 Å². The topological polar surface area (TPSA) is 79.2 Å². The van der Waals surface area contributed by atoms with E-state index in [9.17, 15) is 9.59 Å². The summed E-state index contributed by atoms with van der Waals surface area (Å²) in [5.74, 6) is -1.77. The lowest BCUT2D eigenvalue weighted by Gasteiger charge is -2.12. The van der Waals surface area contributed by atoms with E-state index in [0.717, 1.165) is 0 Å². The summed E-state index contributed by atoms with van der Waals surface area (Å²) in [6.45, 7) is 1.74. The van der Waals surface area contributed by atoms with Crippen LogP contribution >= 0.6 is 0 Å². The van der Waals surface area contributed by atoms with Crippen molar-refractivity contribution in [3.05, 3.63) is 29.8 Å². The van der Waals surface area contributed by atoms with Gasteiger partial charge in [0.15, 0.2) is 0 Å². The molecular formula is C13H14N2O3. The van der Waals surface area contributed by atoms with E-state index in [-0.39, 0.29) is 0 Å². The molecule has 0 saturated carbocycles. The first-order valence-corrected chi connectivity index (χ1v) is 5.51. The minimum atomic E-state index is -0.814. The van der Waals surface area contributed by atoms with Crippen molar-refractivity contribution in [2.45, 2.75) is 13.3 Å². The summed E-state index contributed by atoms with van der Waals surface area (Å²) in [7, 11) is 1.25. The normalized spacial score (nSPS) is 11.2. The molecule has 0 aliphatic heterocycles. The van der Waals surface area contributed by atoms with Crippen molar-refractivity contribution in [3.63, 3.8) is 0 Å². The Hall–Kier alpha value is -2.35. The zero-order chi connectivity index (χ0) is 13.5. The van der Waals surface area contributed by atoms with E-state index in [4.69, 9.17) is 5.26 Å². The number of carbonyl (C=O) groups is 2. The number of nitriles is 1. The molecule has 0 saturated heterocycles. The van der Waals surface area contributed by atoms with E-state index in [2.05, 4.69) is 10.1 Å². The number of nitrogens with zero attached hydrogens (tertiary/aromatic N) is 1. The van der Waals surface area contributed by atoms with Crippen LogP contribution in [0.5, 0.6) is 0 Å². The first-order valence-electron chi connectivity index (χ1n) is 5.51. The Morgan fingerprint density at radius 2 is 2.00 bits per heavy atom. The summed E-state index contributed by atoms with van der Waals surface area (Å²) < 4.78 is 4.56. The van der Waals surface area contributed by atoms with Crippen molar-refractivity contribution in [2.24, 2.45) is 5.92 Å². The third kappa shape index (κ3) is 3.32. The predicted octanol–water partition coefficient (Wildman–Crippen LogP) is 1.70. The number of benzene rings is 1. The van der Waals surface area contributed by atoms with Crippen molar-refractivity contribution in [1.29, 1.82) is 5.26 Å². The Labute approximate surface area is 105 Å². The highest BCUT2D eigenvalue weighted by Crippen LogP contribution is 2.13. The van der Waals surface area contributed by atoms with Gasteiger partial charge in [0, 0.05) is 5.69 Å². The third-order valence-electron chi connectivity index (χ3n) is 2.49. The minimum Gasteiger partial charge on any atom is -0.468 e. The summed E-state index contributed by atoms with van der Waals surface area (Å²) >= 11 is 0. The fraction of sp³-hybridized carbons (Fsp3) is 0.308. The van der Waals surface area contributed by atoms with Crippen LogP contribution in [0.1, 0.15) is 18.9 Å². The van der Waals surface area contributed by atoms with Crippen molar-refractivity contribution in [3.8, 4) is 6.07 Å². The summed E-state index contributed by atoms with van der Waals surface area (Å²) in [4.78, 5) is 23.2. The minimum absolute atomic E-state index is 0.370. The van der Waals surface area contributed by atoms with Crippen LogP contribution in [0.15, 0.2) is 24.3 Å². The van der Waals surface area contributed by atoms with Crippen LogP contribution in [-0.2, 0) is 14.3 Å². The quantitative estimate of drug-likeness (QED) is 0.647. The molecule has 0 heterocycles. The molecule has 0 aliphatic carbocycles. The van der Waals surface area contributed by atoms with Gasteiger partial charge in [0.05, 0.1) is 18.7 Å². The molecule has 0 bridgehead atoms.